The zero-order valence-electron chi connectivity index (χ0n) is 29.7. The molecule has 0 aliphatic heterocycles. The van der Waals surface area contributed by atoms with Gasteiger partial charge < -0.3 is 20.6 Å². The van der Waals surface area contributed by atoms with Gasteiger partial charge in [-0.3, -0.25) is 4.79 Å². The van der Waals surface area contributed by atoms with Crippen molar-refractivity contribution in [2.75, 3.05) is 6.61 Å². The lowest BCUT2D eigenvalue weighted by atomic mass is 10.0. The molecular weight excluding hydrogens is 558 g/mol. The molecule has 0 aliphatic rings. The maximum atomic E-state index is 12.4. The van der Waals surface area contributed by atoms with Crippen LogP contribution in [0.1, 0.15) is 187 Å². The van der Waals surface area contributed by atoms with Crippen molar-refractivity contribution < 1.29 is 20.1 Å². The van der Waals surface area contributed by atoms with Crippen molar-refractivity contribution in [3.63, 3.8) is 0 Å². The third-order valence-electron chi connectivity index (χ3n) is 8.70. The molecule has 0 saturated carbocycles. The molecule has 45 heavy (non-hydrogen) atoms. The van der Waals surface area contributed by atoms with Gasteiger partial charge in [0.1, 0.15) is 6.10 Å². The summed E-state index contributed by atoms with van der Waals surface area (Å²) in [5.41, 5.74) is 0. The number of hydrogen-bond donors (Lipinski definition) is 4. The van der Waals surface area contributed by atoms with E-state index < -0.39 is 24.2 Å². The number of carbonyl (C=O) groups excluding carboxylic acids is 1. The van der Waals surface area contributed by atoms with E-state index in [1.165, 1.54) is 122 Å². The quantitative estimate of drug-likeness (QED) is 0.0419. The highest BCUT2D eigenvalue weighted by molar-refractivity contribution is 5.80. The van der Waals surface area contributed by atoms with Gasteiger partial charge in [0.05, 0.1) is 18.8 Å². The van der Waals surface area contributed by atoms with E-state index in [9.17, 15) is 20.1 Å². The van der Waals surface area contributed by atoms with Crippen LogP contribution in [-0.2, 0) is 4.79 Å². The standard InChI is InChI=1S/C40H75NO4/c1-3-5-7-9-11-13-15-17-19-20-21-23-24-26-28-30-32-34-38(43)37(36-42)41-40(45)39(44)35-33-31-29-27-25-22-18-16-14-12-10-8-6-4-2/h14,16,24,26,32,34,37-39,42-44H,3-13,15,17-23,25,27-31,33,35-36H2,1-2H3,(H,41,45)/b16-14-,26-24+,34-32+. The monoisotopic (exact) mass is 634 g/mol. The lowest BCUT2D eigenvalue weighted by molar-refractivity contribution is -0.131. The molecule has 3 unspecified atom stereocenters. The summed E-state index contributed by atoms with van der Waals surface area (Å²) in [7, 11) is 0. The molecule has 0 spiro atoms. The molecule has 0 aliphatic carbocycles. The van der Waals surface area contributed by atoms with Crippen LogP contribution in [0.3, 0.4) is 0 Å². The van der Waals surface area contributed by atoms with Gasteiger partial charge in [0, 0.05) is 0 Å². The number of amides is 1. The van der Waals surface area contributed by atoms with Gasteiger partial charge in [0.2, 0.25) is 5.91 Å². The maximum absolute atomic E-state index is 12.4. The van der Waals surface area contributed by atoms with Crippen molar-refractivity contribution in [3.8, 4) is 0 Å². The first-order valence-electron chi connectivity index (χ1n) is 19.3. The molecule has 0 aromatic heterocycles. The van der Waals surface area contributed by atoms with Crippen molar-refractivity contribution >= 4 is 5.91 Å². The highest BCUT2D eigenvalue weighted by atomic mass is 16.3. The van der Waals surface area contributed by atoms with Gasteiger partial charge in [-0.1, -0.05) is 166 Å². The summed E-state index contributed by atoms with van der Waals surface area (Å²) < 4.78 is 0. The van der Waals surface area contributed by atoms with Gasteiger partial charge >= 0.3 is 0 Å². The van der Waals surface area contributed by atoms with E-state index >= 15 is 0 Å². The van der Waals surface area contributed by atoms with Gasteiger partial charge in [-0.25, -0.2) is 0 Å². The van der Waals surface area contributed by atoms with Gasteiger partial charge in [-0.2, -0.15) is 0 Å². The topological polar surface area (TPSA) is 89.8 Å². The molecule has 0 radical (unpaired) electrons. The molecule has 1 amide bonds. The predicted molar refractivity (Wildman–Crippen MR) is 194 cm³/mol. The van der Waals surface area contributed by atoms with Crippen molar-refractivity contribution in [1.29, 1.82) is 0 Å². The number of allylic oxidation sites excluding steroid dienone is 5. The van der Waals surface area contributed by atoms with Gasteiger partial charge in [-0.05, 0) is 57.8 Å². The van der Waals surface area contributed by atoms with Crippen LogP contribution in [0.15, 0.2) is 36.5 Å². The summed E-state index contributed by atoms with van der Waals surface area (Å²) in [6.45, 7) is 4.14. The third-order valence-corrected chi connectivity index (χ3v) is 8.70. The molecule has 5 heteroatoms. The first-order valence-corrected chi connectivity index (χ1v) is 19.3. The number of hydrogen-bond acceptors (Lipinski definition) is 4. The summed E-state index contributed by atoms with van der Waals surface area (Å²) in [5.74, 6) is -0.520. The molecule has 0 saturated heterocycles. The summed E-state index contributed by atoms with van der Waals surface area (Å²) in [4.78, 5) is 12.4. The Bertz CT molecular complexity index is 704. The van der Waals surface area contributed by atoms with Gasteiger partial charge in [0.15, 0.2) is 0 Å². The molecule has 3 atom stereocenters. The first-order chi connectivity index (χ1) is 22.1. The highest BCUT2D eigenvalue weighted by Gasteiger charge is 2.22. The Hall–Kier alpha value is -1.43. The van der Waals surface area contributed by atoms with Crippen LogP contribution in [-0.4, -0.2) is 46.1 Å². The fourth-order valence-corrected chi connectivity index (χ4v) is 5.61. The Morgan fingerprint density at radius 2 is 0.911 bits per heavy atom. The number of aliphatic hydroxyl groups is 3. The number of aliphatic hydroxyl groups excluding tert-OH is 3. The molecule has 0 aromatic rings. The van der Waals surface area contributed by atoms with Crippen LogP contribution in [0.5, 0.6) is 0 Å². The Balaban J connectivity index is 3.79. The van der Waals surface area contributed by atoms with E-state index in [0.29, 0.717) is 6.42 Å². The molecule has 0 heterocycles. The number of carbonyl (C=O) groups is 1. The number of rotatable bonds is 34. The van der Waals surface area contributed by atoms with E-state index in [1.54, 1.807) is 6.08 Å². The predicted octanol–water partition coefficient (Wildman–Crippen LogP) is 10.4. The minimum Gasteiger partial charge on any atom is -0.394 e. The summed E-state index contributed by atoms with van der Waals surface area (Å²) >= 11 is 0. The first kappa shape index (κ1) is 43.6. The van der Waals surface area contributed by atoms with Gasteiger partial charge in [-0.15, -0.1) is 0 Å². The Morgan fingerprint density at radius 1 is 0.533 bits per heavy atom. The van der Waals surface area contributed by atoms with Crippen LogP contribution in [0.2, 0.25) is 0 Å². The van der Waals surface area contributed by atoms with Crippen molar-refractivity contribution in [2.24, 2.45) is 0 Å². The van der Waals surface area contributed by atoms with Crippen LogP contribution < -0.4 is 5.32 Å². The molecule has 0 fully saturated rings. The normalized spacial score (nSPS) is 14.2. The Morgan fingerprint density at radius 3 is 1.38 bits per heavy atom. The van der Waals surface area contributed by atoms with Crippen molar-refractivity contribution in [1.82, 2.24) is 5.32 Å². The van der Waals surface area contributed by atoms with Crippen LogP contribution >= 0.6 is 0 Å². The second-order valence-corrected chi connectivity index (χ2v) is 13.1. The molecule has 4 N–H and O–H groups in total. The summed E-state index contributed by atoms with van der Waals surface area (Å²) in [6.07, 6.45) is 43.0. The number of unbranched alkanes of at least 4 members (excludes halogenated alkanes) is 22. The highest BCUT2D eigenvalue weighted by Crippen LogP contribution is 2.13. The van der Waals surface area contributed by atoms with E-state index in [0.717, 1.165) is 44.9 Å². The van der Waals surface area contributed by atoms with Gasteiger partial charge in [0.25, 0.3) is 0 Å². The van der Waals surface area contributed by atoms with E-state index in [4.69, 9.17) is 0 Å². The fraction of sp³-hybridized carbons (Fsp3) is 0.825. The smallest absolute Gasteiger partial charge is 0.249 e. The fourth-order valence-electron chi connectivity index (χ4n) is 5.61. The second kappa shape index (κ2) is 35.4. The average molecular weight is 634 g/mol. The maximum Gasteiger partial charge on any atom is 0.249 e. The van der Waals surface area contributed by atoms with E-state index in [-0.39, 0.29) is 6.61 Å². The lowest BCUT2D eigenvalue weighted by Crippen LogP contribution is -2.48. The summed E-state index contributed by atoms with van der Waals surface area (Å²) in [5, 5.41) is 33.0. The zero-order valence-corrected chi connectivity index (χ0v) is 29.7. The third kappa shape index (κ3) is 31.0. The molecular formula is C40H75NO4. The molecule has 264 valence electrons. The zero-order chi connectivity index (χ0) is 33.1. The van der Waals surface area contributed by atoms with Crippen LogP contribution in [0.25, 0.3) is 0 Å². The van der Waals surface area contributed by atoms with Crippen molar-refractivity contribution in [3.05, 3.63) is 36.5 Å². The Labute approximate surface area is 279 Å². The van der Waals surface area contributed by atoms with Crippen molar-refractivity contribution in [2.45, 2.75) is 205 Å². The lowest BCUT2D eigenvalue weighted by Gasteiger charge is -2.21. The average Bonchev–Trinajstić information content (AvgIpc) is 3.04. The van der Waals surface area contributed by atoms with Crippen LogP contribution in [0.4, 0.5) is 0 Å². The molecule has 0 bridgehead atoms. The van der Waals surface area contributed by atoms with E-state index in [1.807, 2.05) is 6.08 Å². The summed E-state index contributed by atoms with van der Waals surface area (Å²) in [6, 6.07) is -0.814. The molecule has 5 nitrogen and oxygen atoms in total. The molecule has 0 aromatic carbocycles. The largest absolute Gasteiger partial charge is 0.394 e. The molecule has 0 rings (SSSR count). The van der Waals surface area contributed by atoms with E-state index in [2.05, 4.69) is 43.5 Å². The minimum absolute atomic E-state index is 0.378. The van der Waals surface area contributed by atoms with Crippen LogP contribution in [0, 0.1) is 0 Å². The SMILES string of the molecule is CCCCCC/C=C\CCCCCCCCC(O)C(=O)NC(CO)C(O)/C=C/CC/C=C/CCCCCCCCCCCCC. The second-order valence-electron chi connectivity index (χ2n) is 13.1. The Kier molecular flexibility index (Phi) is 34.3. The number of nitrogens with one attached hydrogen (secondary N) is 1. The minimum atomic E-state index is -1.11.